The summed E-state index contributed by atoms with van der Waals surface area (Å²) in [5.74, 6) is 0.895. The van der Waals surface area contributed by atoms with Crippen LogP contribution >= 0.6 is 0 Å². The minimum atomic E-state index is -0.702. The van der Waals surface area contributed by atoms with Gasteiger partial charge < -0.3 is 9.63 Å². The first-order valence-electron chi connectivity index (χ1n) is 6.69. The van der Waals surface area contributed by atoms with Crippen molar-refractivity contribution >= 4 is 5.97 Å². The summed E-state index contributed by atoms with van der Waals surface area (Å²) in [7, 11) is 0. The Labute approximate surface area is 112 Å². The quantitative estimate of drug-likeness (QED) is 0.897. The molecule has 0 unspecified atom stereocenters. The molecule has 6 heteroatoms. The molecule has 1 aromatic heterocycles. The predicted molar refractivity (Wildman–Crippen MR) is 68.6 cm³/mol. The van der Waals surface area contributed by atoms with Gasteiger partial charge >= 0.3 is 5.97 Å². The number of aliphatic carboxylic acids is 1. The highest BCUT2D eigenvalue weighted by molar-refractivity contribution is 5.74. The van der Waals surface area contributed by atoms with E-state index in [1.54, 1.807) is 0 Å². The largest absolute Gasteiger partial charge is 0.481 e. The van der Waals surface area contributed by atoms with Gasteiger partial charge in [-0.2, -0.15) is 4.98 Å². The van der Waals surface area contributed by atoms with Gasteiger partial charge in [0, 0.05) is 5.92 Å². The van der Waals surface area contributed by atoms with E-state index in [0.717, 1.165) is 18.9 Å². The van der Waals surface area contributed by atoms with Crippen LogP contribution in [-0.4, -0.2) is 39.2 Å². The Hall–Kier alpha value is -1.43. The van der Waals surface area contributed by atoms with Gasteiger partial charge in [-0.1, -0.05) is 19.0 Å². The molecule has 0 atom stereocenters. The fraction of sp³-hybridized carbons (Fsp3) is 0.769. The maximum Gasteiger partial charge on any atom is 0.309 e. The number of carboxylic acids is 1. The van der Waals surface area contributed by atoms with Crippen molar-refractivity contribution in [2.45, 2.75) is 46.1 Å². The van der Waals surface area contributed by atoms with E-state index in [1.807, 2.05) is 20.8 Å². The molecule has 1 fully saturated rings. The first-order valence-corrected chi connectivity index (χ1v) is 6.69. The average Bonchev–Trinajstić information content (AvgIpc) is 2.81. The molecule has 0 aliphatic carbocycles. The van der Waals surface area contributed by atoms with E-state index >= 15 is 0 Å². The minimum absolute atomic E-state index is 0.258. The van der Waals surface area contributed by atoms with Gasteiger partial charge in [0.1, 0.15) is 0 Å². The molecule has 0 radical (unpaired) electrons. The smallest absolute Gasteiger partial charge is 0.309 e. The summed E-state index contributed by atoms with van der Waals surface area (Å²) in [6.45, 7) is 7.97. The number of carboxylic acid groups (broad SMARTS) is 1. The third-order valence-electron chi connectivity index (χ3n) is 3.83. The molecule has 0 aromatic carbocycles. The molecule has 19 heavy (non-hydrogen) atoms. The Kier molecular flexibility index (Phi) is 3.89. The normalized spacial score (nSPS) is 19.8. The number of rotatable bonds is 4. The number of hydrogen-bond acceptors (Lipinski definition) is 5. The summed E-state index contributed by atoms with van der Waals surface area (Å²) in [4.78, 5) is 17.7. The zero-order chi connectivity index (χ0) is 14.0. The van der Waals surface area contributed by atoms with Gasteiger partial charge in [0.25, 0.3) is 0 Å². The summed E-state index contributed by atoms with van der Waals surface area (Å²) in [5.41, 5.74) is -0.589. The summed E-state index contributed by atoms with van der Waals surface area (Å²) in [5, 5.41) is 13.1. The molecule has 6 nitrogen and oxygen atoms in total. The van der Waals surface area contributed by atoms with Crippen molar-refractivity contribution in [1.82, 2.24) is 15.0 Å². The zero-order valence-corrected chi connectivity index (χ0v) is 11.7. The molecule has 1 saturated heterocycles. The van der Waals surface area contributed by atoms with Crippen LogP contribution in [0.15, 0.2) is 4.52 Å². The first-order chi connectivity index (χ1) is 8.90. The Morgan fingerprint density at radius 2 is 2.11 bits per heavy atom. The lowest BCUT2D eigenvalue weighted by atomic mass is 9.80. The van der Waals surface area contributed by atoms with Crippen LogP contribution in [0.25, 0.3) is 0 Å². The molecule has 0 saturated carbocycles. The van der Waals surface area contributed by atoms with Crippen molar-refractivity contribution in [3.8, 4) is 0 Å². The van der Waals surface area contributed by atoms with E-state index in [9.17, 15) is 9.90 Å². The van der Waals surface area contributed by atoms with Crippen LogP contribution in [0, 0.1) is 5.41 Å². The maximum absolute atomic E-state index is 11.2. The lowest BCUT2D eigenvalue weighted by molar-refractivity contribution is -0.150. The van der Waals surface area contributed by atoms with Gasteiger partial charge in [-0.15, -0.1) is 0 Å². The van der Waals surface area contributed by atoms with Crippen molar-refractivity contribution in [3.05, 3.63) is 11.7 Å². The average molecular weight is 267 g/mol. The van der Waals surface area contributed by atoms with E-state index < -0.39 is 11.4 Å². The van der Waals surface area contributed by atoms with Crippen LogP contribution in [0.3, 0.4) is 0 Å². The zero-order valence-electron chi connectivity index (χ0n) is 11.7. The third-order valence-corrected chi connectivity index (χ3v) is 3.83. The number of carbonyl (C=O) groups is 1. The van der Waals surface area contributed by atoms with Crippen LogP contribution in [0.5, 0.6) is 0 Å². The molecule has 106 valence electrons. The monoisotopic (exact) mass is 267 g/mol. The summed E-state index contributed by atoms with van der Waals surface area (Å²) in [6.07, 6.45) is 1.32. The second-order valence-corrected chi connectivity index (χ2v) is 5.84. The molecule has 0 spiro atoms. The highest BCUT2D eigenvalue weighted by Gasteiger charge is 2.37. The van der Waals surface area contributed by atoms with E-state index in [1.165, 1.54) is 0 Å². The fourth-order valence-electron chi connectivity index (χ4n) is 2.18. The van der Waals surface area contributed by atoms with Crippen molar-refractivity contribution in [1.29, 1.82) is 0 Å². The van der Waals surface area contributed by atoms with Crippen molar-refractivity contribution in [2.75, 3.05) is 13.1 Å². The molecule has 1 aliphatic rings. The predicted octanol–water partition coefficient (Wildman–Crippen LogP) is 1.88. The van der Waals surface area contributed by atoms with Gasteiger partial charge in [0.2, 0.25) is 5.89 Å². The lowest BCUT2D eigenvalue weighted by Gasteiger charge is -2.35. The highest BCUT2D eigenvalue weighted by Crippen LogP contribution is 2.31. The summed E-state index contributed by atoms with van der Waals surface area (Å²) in [6, 6.07) is 0. The van der Waals surface area contributed by atoms with Crippen LogP contribution in [-0.2, 0) is 11.3 Å². The van der Waals surface area contributed by atoms with Gasteiger partial charge in [-0.3, -0.25) is 9.69 Å². The molecule has 1 aromatic rings. The Morgan fingerprint density at radius 1 is 1.47 bits per heavy atom. The van der Waals surface area contributed by atoms with E-state index in [2.05, 4.69) is 15.0 Å². The number of hydrogen-bond donors (Lipinski definition) is 1. The van der Waals surface area contributed by atoms with Gasteiger partial charge in [-0.05, 0) is 32.9 Å². The summed E-state index contributed by atoms with van der Waals surface area (Å²) >= 11 is 0. The molecular weight excluding hydrogens is 246 g/mol. The van der Waals surface area contributed by atoms with E-state index in [4.69, 9.17) is 4.52 Å². The highest BCUT2D eigenvalue weighted by atomic mass is 16.5. The maximum atomic E-state index is 11.2. The van der Waals surface area contributed by atoms with Crippen LogP contribution < -0.4 is 0 Å². The molecule has 2 rings (SSSR count). The van der Waals surface area contributed by atoms with E-state index in [-0.39, 0.29) is 5.92 Å². The number of aromatic nitrogens is 2. The first kappa shape index (κ1) is 14.0. The van der Waals surface area contributed by atoms with Crippen molar-refractivity contribution < 1.29 is 14.4 Å². The van der Waals surface area contributed by atoms with Crippen LogP contribution in [0.4, 0.5) is 0 Å². The molecule has 1 N–H and O–H groups in total. The van der Waals surface area contributed by atoms with Crippen molar-refractivity contribution in [2.24, 2.45) is 5.41 Å². The molecular formula is C13H21N3O3. The topological polar surface area (TPSA) is 79.5 Å². The van der Waals surface area contributed by atoms with Gasteiger partial charge in [-0.25, -0.2) is 0 Å². The Morgan fingerprint density at radius 3 is 2.58 bits per heavy atom. The minimum Gasteiger partial charge on any atom is -0.481 e. The van der Waals surface area contributed by atoms with Gasteiger partial charge in [0.05, 0.1) is 12.0 Å². The number of piperidine rings is 1. The van der Waals surface area contributed by atoms with Crippen LogP contribution in [0.1, 0.15) is 51.2 Å². The molecule has 0 bridgehead atoms. The Balaban J connectivity index is 1.90. The lowest BCUT2D eigenvalue weighted by Crippen LogP contribution is -2.42. The molecule has 0 amide bonds. The fourth-order valence-corrected chi connectivity index (χ4v) is 2.18. The SMILES string of the molecule is CC(C)c1noc(CN2CCC(C)(C(=O)O)CC2)n1. The Bertz CT molecular complexity index is 448. The third kappa shape index (κ3) is 3.12. The number of nitrogens with zero attached hydrogens (tertiary/aromatic N) is 3. The molecule has 1 aliphatic heterocycles. The van der Waals surface area contributed by atoms with Crippen molar-refractivity contribution in [3.63, 3.8) is 0 Å². The number of likely N-dealkylation sites (tertiary alicyclic amines) is 1. The molecule has 2 heterocycles. The summed E-state index contributed by atoms with van der Waals surface area (Å²) < 4.78 is 5.21. The van der Waals surface area contributed by atoms with E-state index in [0.29, 0.717) is 25.3 Å². The second kappa shape index (κ2) is 5.28. The van der Waals surface area contributed by atoms with Crippen LogP contribution in [0.2, 0.25) is 0 Å². The van der Waals surface area contributed by atoms with Gasteiger partial charge in [0.15, 0.2) is 5.82 Å². The second-order valence-electron chi connectivity index (χ2n) is 5.84. The standard InChI is InChI=1S/C13H21N3O3/c1-9(2)11-14-10(19-15-11)8-16-6-4-13(3,5-7-16)12(17)18/h9H,4-8H2,1-3H3,(H,17,18).